The first-order chi connectivity index (χ1) is 7.70. The fourth-order valence-corrected chi connectivity index (χ4v) is 4.24. The number of nitrogens with zero attached hydrogens (tertiary/aromatic N) is 1. The molecule has 4 atom stereocenters. The quantitative estimate of drug-likeness (QED) is 0.527. The molecule has 4 fully saturated rings. The van der Waals surface area contributed by atoms with Crippen molar-refractivity contribution in [2.45, 2.75) is 25.7 Å². The van der Waals surface area contributed by atoms with Gasteiger partial charge in [0.1, 0.15) is 7.11 Å². The first kappa shape index (κ1) is 10.1. The first-order valence-corrected chi connectivity index (χ1v) is 5.89. The predicted octanol–water partition coefficient (Wildman–Crippen LogP) is 1.60. The first-order valence-electron chi connectivity index (χ1n) is 5.89. The molecule has 88 valence electrons. The Balaban J connectivity index is 1.91. The van der Waals surface area contributed by atoms with Gasteiger partial charge in [0, 0.05) is 11.8 Å². The van der Waals surface area contributed by atoms with Crippen molar-refractivity contribution in [2.75, 3.05) is 14.2 Å². The fourth-order valence-electron chi connectivity index (χ4n) is 4.24. The predicted molar refractivity (Wildman–Crippen MR) is 57.8 cm³/mol. The second-order valence-electron chi connectivity index (χ2n) is 5.38. The van der Waals surface area contributed by atoms with Gasteiger partial charge in [-0.25, -0.2) is 0 Å². The van der Waals surface area contributed by atoms with E-state index in [2.05, 4.69) is 5.16 Å². The lowest BCUT2D eigenvalue weighted by atomic mass is 9.69. The van der Waals surface area contributed by atoms with Crippen LogP contribution in [-0.2, 0) is 14.4 Å². The van der Waals surface area contributed by atoms with E-state index < -0.39 is 0 Å². The number of hydrogen-bond donors (Lipinski definition) is 0. The number of rotatable bonds is 2. The van der Waals surface area contributed by atoms with Crippen LogP contribution in [0.15, 0.2) is 5.16 Å². The summed E-state index contributed by atoms with van der Waals surface area (Å²) in [7, 11) is 3.09. The molecule has 4 bridgehead atoms. The van der Waals surface area contributed by atoms with Gasteiger partial charge >= 0.3 is 5.97 Å². The van der Waals surface area contributed by atoms with Crippen molar-refractivity contribution in [3.63, 3.8) is 0 Å². The summed E-state index contributed by atoms with van der Waals surface area (Å²) in [6.45, 7) is 0. The van der Waals surface area contributed by atoms with Gasteiger partial charge in [-0.3, -0.25) is 4.79 Å². The summed E-state index contributed by atoms with van der Waals surface area (Å²) in [6, 6.07) is 0. The van der Waals surface area contributed by atoms with Crippen LogP contribution in [0.4, 0.5) is 0 Å². The van der Waals surface area contributed by atoms with Gasteiger partial charge in [0.2, 0.25) is 0 Å². The Morgan fingerprint density at radius 2 is 2.19 bits per heavy atom. The van der Waals surface area contributed by atoms with Crippen LogP contribution in [0.1, 0.15) is 25.7 Å². The molecule has 16 heavy (non-hydrogen) atoms. The molecule has 0 aromatic rings. The Morgan fingerprint density at radius 3 is 2.81 bits per heavy atom. The molecule has 0 saturated heterocycles. The highest BCUT2D eigenvalue weighted by Crippen LogP contribution is 2.63. The normalized spacial score (nSPS) is 46.4. The average Bonchev–Trinajstić information content (AvgIpc) is 2.68. The Hall–Kier alpha value is -1.06. The van der Waals surface area contributed by atoms with Gasteiger partial charge in [0.15, 0.2) is 0 Å². The lowest BCUT2D eigenvalue weighted by molar-refractivity contribution is -0.154. The van der Waals surface area contributed by atoms with E-state index >= 15 is 0 Å². The molecule has 0 aromatic heterocycles. The summed E-state index contributed by atoms with van der Waals surface area (Å²) >= 11 is 0. The highest BCUT2D eigenvalue weighted by Gasteiger charge is 2.63. The van der Waals surface area contributed by atoms with Crippen molar-refractivity contribution in [1.29, 1.82) is 0 Å². The zero-order chi connectivity index (χ0) is 11.3. The van der Waals surface area contributed by atoms with Crippen LogP contribution in [-0.4, -0.2) is 25.9 Å². The fraction of sp³-hybridized carbons (Fsp3) is 0.833. The third kappa shape index (κ3) is 1.10. The molecule has 4 heteroatoms. The van der Waals surface area contributed by atoms with E-state index in [9.17, 15) is 4.79 Å². The summed E-state index contributed by atoms with van der Waals surface area (Å²) in [6.07, 6.45) is 4.01. The van der Waals surface area contributed by atoms with E-state index in [1.807, 2.05) is 0 Å². The maximum Gasteiger partial charge on any atom is 0.311 e. The zero-order valence-electron chi connectivity index (χ0n) is 9.73. The van der Waals surface area contributed by atoms with Gasteiger partial charge in [0.25, 0.3) is 0 Å². The number of esters is 1. The highest BCUT2D eigenvalue weighted by atomic mass is 16.6. The summed E-state index contributed by atoms with van der Waals surface area (Å²) in [5.41, 5.74) is 1.00. The number of carbonyl (C=O) groups is 1. The average molecular weight is 223 g/mol. The second kappa shape index (κ2) is 3.22. The van der Waals surface area contributed by atoms with Crippen LogP contribution in [0.2, 0.25) is 0 Å². The standard InChI is InChI=1S/C12H17NO3/c1-15-11(14)12-4-7-3-8(5-12)10(13-16-2)9(7)6-12/h7-9H,3-6H2,1-2H3/b13-10+. The van der Waals surface area contributed by atoms with Crippen LogP contribution < -0.4 is 0 Å². The number of hydrogen-bond acceptors (Lipinski definition) is 4. The third-order valence-electron chi connectivity index (χ3n) is 4.67. The van der Waals surface area contributed by atoms with Crippen molar-refractivity contribution in [3.05, 3.63) is 0 Å². The van der Waals surface area contributed by atoms with Crippen molar-refractivity contribution < 1.29 is 14.4 Å². The lowest BCUT2D eigenvalue weighted by Crippen LogP contribution is -2.39. The molecule has 0 heterocycles. The van der Waals surface area contributed by atoms with Crippen LogP contribution in [0.3, 0.4) is 0 Å². The van der Waals surface area contributed by atoms with E-state index in [0.717, 1.165) is 19.3 Å². The minimum Gasteiger partial charge on any atom is -0.469 e. The molecule has 4 aliphatic carbocycles. The molecule has 4 aliphatic rings. The molecule has 4 rings (SSSR count). The van der Waals surface area contributed by atoms with Crippen LogP contribution >= 0.6 is 0 Å². The van der Waals surface area contributed by atoms with Gasteiger partial charge in [0.05, 0.1) is 18.2 Å². The molecule has 4 nitrogen and oxygen atoms in total. The van der Waals surface area contributed by atoms with E-state index in [0.29, 0.717) is 17.8 Å². The Morgan fingerprint density at radius 1 is 1.38 bits per heavy atom. The van der Waals surface area contributed by atoms with Gasteiger partial charge in [-0.2, -0.15) is 0 Å². The minimum absolute atomic E-state index is 0.0128. The van der Waals surface area contributed by atoms with Crippen molar-refractivity contribution in [2.24, 2.45) is 28.3 Å². The summed E-state index contributed by atoms with van der Waals surface area (Å²) in [5.74, 6) is 1.54. The monoisotopic (exact) mass is 223 g/mol. The van der Waals surface area contributed by atoms with Crippen LogP contribution in [0.25, 0.3) is 0 Å². The molecule has 0 N–H and O–H groups in total. The Kier molecular flexibility index (Phi) is 2.03. The summed E-state index contributed by atoms with van der Waals surface area (Å²) in [4.78, 5) is 16.8. The number of ether oxygens (including phenoxy) is 1. The maximum absolute atomic E-state index is 11.9. The molecule has 4 saturated carbocycles. The molecule has 0 spiro atoms. The smallest absolute Gasteiger partial charge is 0.311 e. The maximum atomic E-state index is 11.9. The molecular weight excluding hydrogens is 206 g/mol. The van der Waals surface area contributed by atoms with Gasteiger partial charge < -0.3 is 9.57 Å². The molecule has 4 unspecified atom stereocenters. The molecule has 0 aliphatic heterocycles. The Bertz CT molecular complexity index is 361. The SMILES string of the molecule is CO/N=C1\C2CC3CC(C(=O)OC)(C2)CC13. The van der Waals surface area contributed by atoms with Gasteiger partial charge in [-0.15, -0.1) is 0 Å². The van der Waals surface area contributed by atoms with E-state index in [1.165, 1.54) is 19.2 Å². The molecule has 0 radical (unpaired) electrons. The number of methoxy groups -OCH3 is 1. The summed E-state index contributed by atoms with van der Waals surface area (Å²) < 4.78 is 4.96. The van der Waals surface area contributed by atoms with Crippen molar-refractivity contribution in [1.82, 2.24) is 0 Å². The molecular formula is C12H17NO3. The topological polar surface area (TPSA) is 47.9 Å². The van der Waals surface area contributed by atoms with E-state index in [4.69, 9.17) is 9.57 Å². The largest absolute Gasteiger partial charge is 0.469 e. The van der Waals surface area contributed by atoms with Gasteiger partial charge in [-0.05, 0) is 31.6 Å². The summed E-state index contributed by atoms with van der Waals surface area (Å²) in [5, 5.41) is 4.17. The third-order valence-corrected chi connectivity index (χ3v) is 4.67. The second-order valence-corrected chi connectivity index (χ2v) is 5.38. The Labute approximate surface area is 95.0 Å². The van der Waals surface area contributed by atoms with Crippen molar-refractivity contribution >= 4 is 11.7 Å². The molecule has 0 aromatic carbocycles. The molecule has 0 amide bonds. The number of carbonyl (C=O) groups excluding carboxylic acids is 1. The van der Waals surface area contributed by atoms with E-state index in [1.54, 1.807) is 7.11 Å². The van der Waals surface area contributed by atoms with Crippen LogP contribution in [0.5, 0.6) is 0 Å². The van der Waals surface area contributed by atoms with Crippen molar-refractivity contribution in [3.8, 4) is 0 Å². The zero-order valence-corrected chi connectivity index (χ0v) is 9.73. The number of oxime groups is 1. The van der Waals surface area contributed by atoms with E-state index in [-0.39, 0.29) is 11.4 Å². The van der Waals surface area contributed by atoms with Crippen LogP contribution in [0, 0.1) is 23.2 Å². The highest BCUT2D eigenvalue weighted by molar-refractivity contribution is 5.95. The minimum atomic E-state index is -0.195. The van der Waals surface area contributed by atoms with Gasteiger partial charge in [-0.1, -0.05) is 5.16 Å². The lowest BCUT2D eigenvalue weighted by Gasteiger charge is -2.35.